The van der Waals surface area contributed by atoms with Crippen LogP contribution in [0, 0.1) is 0 Å². The third-order valence-corrected chi connectivity index (χ3v) is 10.7. The minimum Gasteiger partial charge on any atom is -0.461 e. The fraction of sp³-hybridized carbons (Fsp3) is 0.538. The Labute approximate surface area is 289 Å². The Morgan fingerprint density at radius 1 is 0.604 bits per heavy atom. The summed E-state index contributed by atoms with van der Waals surface area (Å²) in [6, 6.07) is -0.909. The molecule has 0 amide bonds. The van der Waals surface area contributed by atoms with Gasteiger partial charge in [-0.1, -0.05) is 55.8 Å². The predicted octanol–water partition coefficient (Wildman–Crippen LogP) is 3.94. The molecule has 48 heavy (non-hydrogen) atoms. The van der Waals surface area contributed by atoms with Crippen LogP contribution >= 0.6 is 46.6 Å². The lowest BCUT2D eigenvalue weighted by Crippen LogP contribution is -2.29. The Morgan fingerprint density at radius 2 is 0.958 bits per heavy atom. The number of carbonyl (C=O) groups excluding carboxylic acids is 4. The van der Waals surface area contributed by atoms with Gasteiger partial charge in [-0.15, -0.1) is 20.4 Å². The van der Waals surface area contributed by atoms with Crippen molar-refractivity contribution in [2.75, 3.05) is 26.4 Å². The third-order valence-electron chi connectivity index (χ3n) is 6.80. The van der Waals surface area contributed by atoms with Crippen LogP contribution in [0.25, 0.3) is 0 Å². The average Bonchev–Trinajstić information content (AvgIpc) is 3.89. The number of aromatic nitrogens is 10. The van der Waals surface area contributed by atoms with E-state index in [2.05, 4.69) is 39.8 Å². The van der Waals surface area contributed by atoms with Gasteiger partial charge in [0.25, 0.3) is 0 Å². The normalized spacial score (nSPS) is 16.0. The molecule has 0 N–H and O–H groups in total. The summed E-state index contributed by atoms with van der Waals surface area (Å²) in [5, 5.41) is 25.7. The van der Waals surface area contributed by atoms with Gasteiger partial charge in [0.2, 0.25) is 11.4 Å². The first-order chi connectivity index (χ1) is 23.3. The number of rotatable bonds is 14. The van der Waals surface area contributed by atoms with E-state index in [1.807, 2.05) is 0 Å². The van der Waals surface area contributed by atoms with E-state index < -0.39 is 36.0 Å². The fourth-order valence-corrected chi connectivity index (χ4v) is 8.38. The van der Waals surface area contributed by atoms with Crippen LogP contribution in [0.1, 0.15) is 107 Å². The van der Waals surface area contributed by atoms with Crippen LogP contribution in [0.5, 0.6) is 0 Å². The number of hydrogen-bond donors (Lipinski definition) is 0. The molecule has 4 aromatic rings. The highest BCUT2D eigenvalue weighted by Gasteiger charge is 2.38. The zero-order chi connectivity index (χ0) is 34.2. The van der Waals surface area contributed by atoms with Gasteiger partial charge in [-0.25, -0.2) is 28.5 Å². The van der Waals surface area contributed by atoms with Crippen LogP contribution < -0.4 is 0 Å². The minimum absolute atomic E-state index is 0.000727. The maximum Gasteiger partial charge on any atom is 0.361 e. The Kier molecular flexibility index (Phi) is 12.1. The summed E-state index contributed by atoms with van der Waals surface area (Å²) in [6.07, 6.45) is 2.79. The molecule has 0 aliphatic heterocycles. The summed E-state index contributed by atoms with van der Waals surface area (Å²) < 4.78 is 32.7. The molecule has 4 aromatic heterocycles. The Bertz CT molecular complexity index is 1650. The van der Waals surface area contributed by atoms with E-state index >= 15 is 0 Å². The van der Waals surface area contributed by atoms with E-state index in [1.54, 1.807) is 37.1 Å². The van der Waals surface area contributed by atoms with E-state index in [4.69, 9.17) is 18.9 Å². The van der Waals surface area contributed by atoms with Crippen molar-refractivity contribution < 1.29 is 38.1 Å². The molecule has 18 nitrogen and oxygen atoms in total. The molecule has 5 rings (SSSR count). The van der Waals surface area contributed by atoms with Gasteiger partial charge in [-0.2, -0.15) is 0 Å². The van der Waals surface area contributed by atoms with E-state index in [1.165, 1.54) is 0 Å². The number of ether oxygens (including phenoxy) is 4. The van der Waals surface area contributed by atoms with Gasteiger partial charge in [0, 0.05) is 0 Å². The second kappa shape index (κ2) is 16.4. The SMILES string of the molecule is CCOC(=O)c1nnsc1Sc1c(C(=O)OCC)nnn1C1CCCC[C@H]1n1nnc(C(=O)OCC)c1Sc1snnc1C(=O)OCC. The van der Waals surface area contributed by atoms with E-state index in [9.17, 15) is 19.2 Å². The third kappa shape index (κ3) is 7.50. The lowest BCUT2D eigenvalue weighted by Gasteiger charge is -2.32. The zero-order valence-electron chi connectivity index (χ0n) is 26.2. The van der Waals surface area contributed by atoms with Gasteiger partial charge in [0.1, 0.15) is 18.5 Å². The number of carbonyl (C=O) groups is 4. The van der Waals surface area contributed by atoms with E-state index in [0.29, 0.717) is 31.3 Å². The molecule has 2 atom stereocenters. The fourth-order valence-electron chi connectivity index (χ4n) is 4.83. The molecule has 4 heterocycles. The maximum atomic E-state index is 13.1. The predicted molar refractivity (Wildman–Crippen MR) is 168 cm³/mol. The van der Waals surface area contributed by atoms with Crippen molar-refractivity contribution in [2.24, 2.45) is 0 Å². The molecule has 0 saturated heterocycles. The molecule has 0 spiro atoms. The van der Waals surface area contributed by atoms with Crippen molar-refractivity contribution in [2.45, 2.75) is 83.9 Å². The molecule has 1 aliphatic carbocycles. The van der Waals surface area contributed by atoms with Gasteiger partial charge in [0.15, 0.2) is 11.4 Å². The van der Waals surface area contributed by atoms with Crippen molar-refractivity contribution in [3.63, 3.8) is 0 Å². The largest absolute Gasteiger partial charge is 0.461 e. The molecule has 256 valence electrons. The topological polar surface area (TPSA) is 218 Å². The summed E-state index contributed by atoms with van der Waals surface area (Å²) in [6.45, 7) is 7.20. The van der Waals surface area contributed by atoms with Crippen LogP contribution in [0.3, 0.4) is 0 Å². The van der Waals surface area contributed by atoms with Gasteiger partial charge in [-0.05, 0) is 63.6 Å². The van der Waals surface area contributed by atoms with Crippen molar-refractivity contribution in [1.29, 1.82) is 0 Å². The molecule has 22 heteroatoms. The van der Waals surface area contributed by atoms with Crippen LogP contribution in [-0.2, 0) is 18.9 Å². The Morgan fingerprint density at radius 3 is 1.31 bits per heavy atom. The standard InChI is InChI=1S/C26H30N10O8S4/c1-5-41-21(37)15-19(45-25-17(29-33-47-25)23(39)43-7-3)35(31-27-15)13-11-9-10-12-14(13)36-20(16(28-32-36)22(38)42-6-2)46-26-18(30-34-48-26)24(40)44-8-4/h13-14H,5-12H2,1-4H3/t13-,14?/m1/s1. The lowest BCUT2D eigenvalue weighted by atomic mass is 9.90. The highest BCUT2D eigenvalue weighted by Crippen LogP contribution is 2.45. The first-order valence-corrected chi connectivity index (χ1v) is 18.1. The maximum absolute atomic E-state index is 13.1. The summed E-state index contributed by atoms with van der Waals surface area (Å²) in [5.74, 6) is -2.70. The summed E-state index contributed by atoms with van der Waals surface area (Å²) >= 11 is 4.03. The monoisotopic (exact) mass is 738 g/mol. The van der Waals surface area contributed by atoms with Crippen LogP contribution in [-0.4, -0.2) is 99.5 Å². The number of nitrogens with zero attached hydrogens (tertiary/aromatic N) is 10. The molecule has 0 bridgehead atoms. The van der Waals surface area contributed by atoms with Gasteiger partial charge < -0.3 is 18.9 Å². The Balaban J connectivity index is 1.59. The molecule has 1 unspecified atom stereocenters. The highest BCUT2D eigenvalue weighted by molar-refractivity contribution is 8.01. The Hall–Kier alpha value is -4.02. The van der Waals surface area contributed by atoms with Crippen molar-refractivity contribution >= 4 is 70.5 Å². The van der Waals surface area contributed by atoms with Gasteiger partial charge in [-0.3, -0.25) is 0 Å². The summed E-state index contributed by atoms with van der Waals surface area (Å²) in [5.41, 5.74) is -0.104. The lowest BCUT2D eigenvalue weighted by molar-refractivity contribution is 0.0504. The summed E-state index contributed by atoms with van der Waals surface area (Å²) in [4.78, 5) is 51.4. The first-order valence-electron chi connectivity index (χ1n) is 14.9. The molecule has 1 aliphatic rings. The minimum atomic E-state index is -0.695. The quantitative estimate of drug-likeness (QED) is 0.132. The first kappa shape index (κ1) is 35.3. The van der Waals surface area contributed by atoms with Gasteiger partial charge >= 0.3 is 23.9 Å². The second-order valence-electron chi connectivity index (χ2n) is 9.70. The summed E-state index contributed by atoms with van der Waals surface area (Å²) in [7, 11) is 0. The van der Waals surface area contributed by atoms with E-state index in [0.717, 1.165) is 59.4 Å². The molecule has 0 aromatic carbocycles. The second-order valence-corrected chi connectivity index (χ2v) is 13.7. The van der Waals surface area contributed by atoms with Crippen LogP contribution in [0.4, 0.5) is 0 Å². The van der Waals surface area contributed by atoms with Crippen molar-refractivity contribution in [3.8, 4) is 0 Å². The number of hydrogen-bond acceptors (Lipinski definition) is 20. The smallest absolute Gasteiger partial charge is 0.361 e. The van der Waals surface area contributed by atoms with E-state index in [-0.39, 0.29) is 49.2 Å². The van der Waals surface area contributed by atoms with Crippen molar-refractivity contribution in [3.05, 3.63) is 22.8 Å². The van der Waals surface area contributed by atoms with Crippen molar-refractivity contribution in [1.82, 2.24) is 49.2 Å². The molecular weight excluding hydrogens is 709 g/mol. The van der Waals surface area contributed by atoms with Crippen LogP contribution in [0.15, 0.2) is 18.5 Å². The molecule has 0 radical (unpaired) electrons. The molecular formula is C26H30N10O8S4. The average molecular weight is 739 g/mol. The number of esters is 4. The van der Waals surface area contributed by atoms with Gasteiger partial charge in [0.05, 0.1) is 38.5 Å². The molecule has 1 fully saturated rings. The molecule has 1 saturated carbocycles. The highest BCUT2D eigenvalue weighted by atomic mass is 32.2. The zero-order valence-corrected chi connectivity index (χ0v) is 29.4. The van der Waals surface area contributed by atoms with Crippen LogP contribution in [0.2, 0.25) is 0 Å².